The molecule has 0 bridgehead atoms. The summed E-state index contributed by atoms with van der Waals surface area (Å²) in [5.41, 5.74) is -3.94. The first-order chi connectivity index (χ1) is 30.1. The lowest BCUT2D eigenvalue weighted by atomic mass is 9.96. The van der Waals surface area contributed by atoms with Crippen molar-refractivity contribution >= 4 is 44.0 Å². The number of furan rings is 2. The molecule has 6 aromatic carbocycles. The molecular weight excluding hydrogens is 540 g/mol. The smallest absolute Gasteiger partial charge is 0.180 e. The zero-order chi connectivity index (χ0) is 46.4. The van der Waals surface area contributed by atoms with Crippen molar-refractivity contribution in [1.82, 2.24) is 9.97 Å². The van der Waals surface area contributed by atoms with E-state index in [0.717, 1.165) is 6.33 Å². The standard InChI is InChI=1S/C40H24N2O2/c1-2-9-25(10-3-1)28-19-20-36-34(23-28)38-40(44-36)37(41-24-42-38)30-14-7-12-27(22-30)26-11-6-13-29(21-26)31-16-8-17-33-32-15-4-5-18-35(32)43-39(31)33/h1-24H/i1D,2D,3D,4D,5D,6D,7D,8D,9D,10D,11D,12D,13D,14D,15D,16D,17D,18D,21D,22D. The SMILES string of the molecule is [2H]c1c([2H])c([2H])c(-c2ccc3oc4c(-c5c([2H])c([2H])c([2H])c(-c6c([2H])c([2H])c([2H])c(-c7c([2H])c([2H])c([2H])c8c7oc7c([2H])c([2H])c([2H])c([2H])c78)c6[2H])c5[2H])ncnc4c3c2)c([2H])c1[2H]. The molecule has 0 aliphatic carbocycles. The number of fused-ring (bicyclic) bond motifs is 6. The topological polar surface area (TPSA) is 52.1 Å². The van der Waals surface area contributed by atoms with Crippen LogP contribution in [0.3, 0.4) is 0 Å². The van der Waals surface area contributed by atoms with E-state index in [1.165, 1.54) is 18.2 Å². The highest BCUT2D eigenvalue weighted by Gasteiger charge is 2.17. The molecule has 0 N–H and O–H groups in total. The highest BCUT2D eigenvalue weighted by Crippen LogP contribution is 2.39. The van der Waals surface area contributed by atoms with E-state index in [4.69, 9.17) is 33.5 Å². The summed E-state index contributed by atoms with van der Waals surface area (Å²) in [5.74, 6) is 0. The molecule has 0 unspecified atom stereocenters. The van der Waals surface area contributed by atoms with E-state index in [1.807, 2.05) is 0 Å². The first-order valence-corrected chi connectivity index (χ1v) is 13.0. The van der Waals surface area contributed by atoms with Crippen LogP contribution < -0.4 is 0 Å². The van der Waals surface area contributed by atoms with Gasteiger partial charge in [-0.1, -0.05) is 109 Å². The second-order valence-corrected chi connectivity index (χ2v) is 9.47. The van der Waals surface area contributed by atoms with Crippen molar-refractivity contribution in [2.75, 3.05) is 0 Å². The molecule has 4 nitrogen and oxygen atoms in total. The highest BCUT2D eigenvalue weighted by atomic mass is 16.3. The Bertz CT molecular complexity index is 3610. The summed E-state index contributed by atoms with van der Waals surface area (Å²) in [6.07, 6.45) is 1.06. The van der Waals surface area contributed by atoms with Gasteiger partial charge in [0.1, 0.15) is 34.3 Å². The van der Waals surface area contributed by atoms with Gasteiger partial charge in [0.2, 0.25) is 0 Å². The third kappa shape index (κ3) is 3.92. The van der Waals surface area contributed by atoms with Gasteiger partial charge < -0.3 is 8.83 Å². The summed E-state index contributed by atoms with van der Waals surface area (Å²) in [7, 11) is 0. The van der Waals surface area contributed by atoms with Crippen LogP contribution in [-0.2, 0) is 0 Å². The first kappa shape index (κ1) is 11.9. The molecule has 0 aliphatic heterocycles. The van der Waals surface area contributed by atoms with Crippen LogP contribution in [0.5, 0.6) is 0 Å². The summed E-state index contributed by atoms with van der Waals surface area (Å²) in [5, 5.41) is -0.398. The molecule has 0 saturated heterocycles. The number of aromatic nitrogens is 2. The summed E-state index contributed by atoms with van der Waals surface area (Å²) in [6.45, 7) is 0. The molecule has 3 heterocycles. The Morgan fingerprint density at radius 3 is 2.05 bits per heavy atom. The van der Waals surface area contributed by atoms with Crippen LogP contribution in [0.15, 0.2) is 154 Å². The molecule has 0 amide bonds. The summed E-state index contributed by atoms with van der Waals surface area (Å²) in [6, 6.07) is -9.72. The van der Waals surface area contributed by atoms with Crippen molar-refractivity contribution in [3.05, 3.63) is 145 Å². The average Bonchev–Trinajstić information content (AvgIpc) is 3.86. The van der Waals surface area contributed by atoms with Crippen LogP contribution in [0.2, 0.25) is 0 Å². The predicted molar refractivity (Wildman–Crippen MR) is 178 cm³/mol. The maximum absolute atomic E-state index is 9.47. The van der Waals surface area contributed by atoms with Gasteiger partial charge in [0, 0.05) is 27.3 Å². The minimum absolute atomic E-state index is 0.0799. The van der Waals surface area contributed by atoms with Crippen LogP contribution in [0.1, 0.15) is 27.4 Å². The lowest BCUT2D eigenvalue weighted by molar-refractivity contribution is 0.667. The summed E-state index contributed by atoms with van der Waals surface area (Å²) in [4.78, 5) is 8.61. The minimum Gasteiger partial charge on any atom is -0.455 e. The van der Waals surface area contributed by atoms with Crippen LogP contribution in [0.4, 0.5) is 0 Å². The largest absolute Gasteiger partial charge is 0.455 e. The maximum atomic E-state index is 9.47. The van der Waals surface area contributed by atoms with Crippen molar-refractivity contribution in [1.29, 1.82) is 0 Å². The van der Waals surface area contributed by atoms with Gasteiger partial charge in [-0.25, -0.2) is 9.97 Å². The molecular formula is C40H24N2O2. The van der Waals surface area contributed by atoms with E-state index in [9.17, 15) is 2.74 Å². The molecule has 206 valence electrons. The minimum atomic E-state index is -0.895. The first-order valence-electron chi connectivity index (χ1n) is 23.0. The number of hydrogen-bond donors (Lipinski definition) is 0. The zero-order valence-electron chi connectivity index (χ0n) is 42.0. The molecule has 4 heteroatoms. The predicted octanol–water partition coefficient (Wildman–Crippen LogP) is 10.9. The van der Waals surface area contributed by atoms with E-state index < -0.39 is 160 Å². The van der Waals surface area contributed by atoms with E-state index in [1.54, 1.807) is 0 Å². The maximum Gasteiger partial charge on any atom is 0.180 e. The van der Waals surface area contributed by atoms with Crippen LogP contribution >= 0.6 is 0 Å². The fourth-order valence-electron chi connectivity index (χ4n) is 4.99. The Labute approximate surface area is 281 Å². The van der Waals surface area contributed by atoms with Gasteiger partial charge in [-0.3, -0.25) is 0 Å². The van der Waals surface area contributed by atoms with Crippen molar-refractivity contribution in [2.24, 2.45) is 0 Å². The Morgan fingerprint density at radius 1 is 0.477 bits per heavy atom. The molecule has 0 spiro atoms. The normalized spacial score (nSPS) is 18.0. The Kier molecular flexibility index (Phi) is 2.66. The molecule has 0 radical (unpaired) electrons. The Hall–Kier alpha value is -6.00. The fraction of sp³-hybridized carbons (Fsp3) is 0. The van der Waals surface area contributed by atoms with E-state index >= 15 is 0 Å². The lowest BCUT2D eigenvalue weighted by Crippen LogP contribution is -1.88. The molecule has 0 aliphatic rings. The summed E-state index contributed by atoms with van der Waals surface area (Å²) < 4.78 is 185. The molecule has 9 rings (SSSR count). The zero-order valence-corrected chi connectivity index (χ0v) is 22.0. The highest BCUT2D eigenvalue weighted by molar-refractivity contribution is 6.10. The third-order valence-corrected chi connectivity index (χ3v) is 6.96. The lowest BCUT2D eigenvalue weighted by Gasteiger charge is -2.09. The quantitative estimate of drug-likeness (QED) is 0.206. The number of para-hydroxylation sites is 2. The van der Waals surface area contributed by atoms with Gasteiger partial charge in [-0.2, -0.15) is 0 Å². The molecule has 3 aromatic heterocycles. The van der Waals surface area contributed by atoms with Gasteiger partial charge in [-0.15, -0.1) is 0 Å². The molecule has 0 fully saturated rings. The van der Waals surface area contributed by atoms with Crippen LogP contribution in [0.25, 0.3) is 88.6 Å². The van der Waals surface area contributed by atoms with E-state index in [-0.39, 0.29) is 49.7 Å². The van der Waals surface area contributed by atoms with Crippen molar-refractivity contribution in [3.63, 3.8) is 0 Å². The summed E-state index contributed by atoms with van der Waals surface area (Å²) >= 11 is 0. The number of hydrogen-bond acceptors (Lipinski definition) is 4. The van der Waals surface area contributed by atoms with E-state index in [0.29, 0.717) is 0 Å². The molecule has 9 aromatic rings. The van der Waals surface area contributed by atoms with Gasteiger partial charge in [0.25, 0.3) is 0 Å². The molecule has 44 heavy (non-hydrogen) atoms. The van der Waals surface area contributed by atoms with Crippen LogP contribution in [-0.4, -0.2) is 9.97 Å². The average molecular weight is 585 g/mol. The third-order valence-electron chi connectivity index (χ3n) is 6.96. The van der Waals surface area contributed by atoms with Gasteiger partial charge >= 0.3 is 0 Å². The van der Waals surface area contributed by atoms with Gasteiger partial charge in [0.15, 0.2) is 5.58 Å². The Balaban J connectivity index is 1.32. The number of rotatable bonds is 4. The number of benzene rings is 6. The van der Waals surface area contributed by atoms with E-state index in [2.05, 4.69) is 9.97 Å². The molecule has 0 atom stereocenters. The van der Waals surface area contributed by atoms with Crippen molar-refractivity contribution < 1.29 is 36.2 Å². The van der Waals surface area contributed by atoms with Crippen molar-refractivity contribution in [2.45, 2.75) is 0 Å². The second kappa shape index (κ2) is 9.79. The monoisotopic (exact) mass is 584 g/mol. The van der Waals surface area contributed by atoms with Crippen LogP contribution in [0, 0.1) is 0 Å². The van der Waals surface area contributed by atoms with Gasteiger partial charge in [-0.05, 0) is 58.1 Å². The fourth-order valence-corrected chi connectivity index (χ4v) is 4.99. The Morgan fingerprint density at radius 2 is 1.16 bits per heavy atom. The van der Waals surface area contributed by atoms with Crippen molar-refractivity contribution in [3.8, 4) is 44.6 Å². The second-order valence-electron chi connectivity index (χ2n) is 9.47. The van der Waals surface area contributed by atoms with Gasteiger partial charge in [0.05, 0.1) is 27.4 Å². The molecule has 0 saturated carbocycles. The number of nitrogens with zero attached hydrogens (tertiary/aromatic N) is 2.